The molecule has 0 saturated heterocycles. The minimum Gasteiger partial charge on any atom is -0.334 e. The maximum absolute atomic E-state index is 12.9. The van der Waals surface area contributed by atoms with Crippen molar-refractivity contribution in [3.63, 3.8) is 0 Å². The van der Waals surface area contributed by atoms with Crippen molar-refractivity contribution in [1.29, 1.82) is 0 Å². The van der Waals surface area contributed by atoms with Crippen LogP contribution in [0.2, 0.25) is 0 Å². The Kier molecular flexibility index (Phi) is 4.66. The van der Waals surface area contributed by atoms with E-state index < -0.39 is 10.0 Å². The summed E-state index contributed by atoms with van der Waals surface area (Å²) in [6, 6.07) is 9.67. The van der Waals surface area contributed by atoms with E-state index in [1.165, 1.54) is 0 Å². The van der Waals surface area contributed by atoms with Gasteiger partial charge in [-0.25, -0.2) is 9.97 Å². The van der Waals surface area contributed by atoms with E-state index in [4.69, 9.17) is 0 Å². The molecule has 4 rings (SSSR count). The molecule has 150 valence electrons. The molecule has 0 unspecified atom stereocenters. The zero-order chi connectivity index (χ0) is 20.8. The molecule has 0 saturated carbocycles. The van der Waals surface area contributed by atoms with Crippen molar-refractivity contribution in [2.24, 2.45) is 0 Å². The zero-order valence-electron chi connectivity index (χ0n) is 16.8. The highest BCUT2D eigenvalue weighted by Gasteiger charge is 2.20. The highest BCUT2D eigenvalue weighted by molar-refractivity contribution is 7.92. The maximum atomic E-state index is 12.9. The number of benzene rings is 1. The number of nitrogens with one attached hydrogen (secondary N) is 1. The van der Waals surface area contributed by atoms with Crippen LogP contribution in [-0.2, 0) is 16.6 Å². The Morgan fingerprint density at radius 2 is 1.83 bits per heavy atom. The number of pyridine rings is 1. The smallest absolute Gasteiger partial charge is 0.280 e. The first kappa shape index (κ1) is 19.2. The first-order valence-corrected chi connectivity index (χ1v) is 10.9. The second-order valence-electron chi connectivity index (χ2n) is 7.14. The van der Waals surface area contributed by atoms with Crippen molar-refractivity contribution in [3.05, 3.63) is 65.9 Å². The lowest BCUT2D eigenvalue weighted by Gasteiger charge is -2.10. The van der Waals surface area contributed by atoms with Crippen LogP contribution in [0.5, 0.6) is 0 Å². The molecule has 0 spiro atoms. The fraction of sp³-hybridized carbons (Fsp3) is 0.238. The summed E-state index contributed by atoms with van der Waals surface area (Å²) in [4.78, 5) is 8.86. The third-order valence-corrected chi connectivity index (χ3v) is 6.20. The van der Waals surface area contributed by atoms with Crippen molar-refractivity contribution in [2.75, 3.05) is 4.72 Å². The molecule has 0 bridgehead atoms. The number of hydrogen-bond acceptors (Lipinski definition) is 4. The summed E-state index contributed by atoms with van der Waals surface area (Å²) in [5.74, 6) is 0.665. The van der Waals surface area contributed by atoms with Crippen molar-refractivity contribution >= 4 is 21.4 Å². The van der Waals surface area contributed by atoms with Crippen LogP contribution in [0.25, 0.3) is 16.9 Å². The summed E-state index contributed by atoms with van der Waals surface area (Å²) >= 11 is 0. The van der Waals surface area contributed by atoms with Gasteiger partial charge in [0.05, 0.1) is 11.4 Å². The molecule has 7 nitrogen and oxygen atoms in total. The van der Waals surface area contributed by atoms with Gasteiger partial charge in [-0.3, -0.25) is 4.72 Å². The Balaban J connectivity index is 1.70. The van der Waals surface area contributed by atoms with E-state index in [0.29, 0.717) is 18.1 Å². The van der Waals surface area contributed by atoms with Gasteiger partial charge >= 0.3 is 0 Å². The number of aryl methyl sites for hydroxylation is 4. The average molecular weight is 410 g/mol. The van der Waals surface area contributed by atoms with Gasteiger partial charge in [-0.05, 0) is 57.0 Å². The molecule has 3 aromatic heterocycles. The van der Waals surface area contributed by atoms with Gasteiger partial charge in [0.1, 0.15) is 11.5 Å². The van der Waals surface area contributed by atoms with Gasteiger partial charge < -0.3 is 8.97 Å². The van der Waals surface area contributed by atoms with E-state index in [9.17, 15) is 8.42 Å². The molecule has 3 heterocycles. The lowest BCUT2D eigenvalue weighted by molar-refractivity contribution is 0.598. The highest BCUT2D eigenvalue weighted by atomic mass is 32.2. The van der Waals surface area contributed by atoms with E-state index in [-0.39, 0.29) is 5.03 Å². The highest BCUT2D eigenvalue weighted by Crippen LogP contribution is 2.27. The van der Waals surface area contributed by atoms with Gasteiger partial charge in [-0.1, -0.05) is 12.1 Å². The fourth-order valence-corrected chi connectivity index (χ4v) is 4.37. The average Bonchev–Trinajstić information content (AvgIpc) is 3.26. The van der Waals surface area contributed by atoms with Crippen LogP contribution in [0.1, 0.15) is 23.9 Å². The van der Waals surface area contributed by atoms with E-state index in [0.717, 1.165) is 28.0 Å². The molecule has 0 aliphatic rings. The fourth-order valence-electron chi connectivity index (χ4n) is 3.24. The Bertz CT molecular complexity index is 1320. The van der Waals surface area contributed by atoms with Crippen LogP contribution in [0.3, 0.4) is 0 Å². The largest absolute Gasteiger partial charge is 0.334 e. The SMILES string of the molecule is CCn1cc(S(=O)(=O)Nc2cc(-c3cn4ccc(C)cc4n3)ccc2C)nc1C. The number of aromatic nitrogens is 4. The van der Waals surface area contributed by atoms with Gasteiger partial charge in [-0.2, -0.15) is 8.42 Å². The molecular weight excluding hydrogens is 386 g/mol. The van der Waals surface area contributed by atoms with Gasteiger partial charge in [0.15, 0.2) is 5.03 Å². The summed E-state index contributed by atoms with van der Waals surface area (Å²) in [7, 11) is -3.78. The quantitative estimate of drug-likeness (QED) is 0.541. The molecule has 0 radical (unpaired) electrons. The van der Waals surface area contributed by atoms with Crippen LogP contribution < -0.4 is 4.72 Å². The Hall–Kier alpha value is -3.13. The lowest BCUT2D eigenvalue weighted by atomic mass is 10.1. The summed E-state index contributed by atoms with van der Waals surface area (Å²) in [5.41, 5.74) is 4.94. The number of sulfonamides is 1. The normalized spacial score (nSPS) is 11.9. The number of rotatable bonds is 5. The van der Waals surface area contributed by atoms with E-state index in [2.05, 4.69) is 14.7 Å². The minimum atomic E-state index is -3.78. The second-order valence-corrected chi connectivity index (χ2v) is 8.77. The predicted molar refractivity (Wildman–Crippen MR) is 114 cm³/mol. The Morgan fingerprint density at radius 1 is 1.03 bits per heavy atom. The molecule has 1 aromatic carbocycles. The van der Waals surface area contributed by atoms with Gasteiger partial charge in [-0.15, -0.1) is 0 Å². The number of nitrogens with zero attached hydrogens (tertiary/aromatic N) is 4. The van der Waals surface area contributed by atoms with Gasteiger partial charge in [0, 0.05) is 30.7 Å². The number of hydrogen-bond donors (Lipinski definition) is 1. The van der Waals surface area contributed by atoms with E-state index in [1.54, 1.807) is 17.7 Å². The van der Waals surface area contributed by atoms with Crippen LogP contribution in [0.4, 0.5) is 5.69 Å². The molecule has 29 heavy (non-hydrogen) atoms. The van der Waals surface area contributed by atoms with Crippen molar-refractivity contribution < 1.29 is 8.42 Å². The van der Waals surface area contributed by atoms with Crippen LogP contribution >= 0.6 is 0 Å². The van der Waals surface area contributed by atoms with Crippen molar-refractivity contribution in [2.45, 2.75) is 39.3 Å². The zero-order valence-corrected chi connectivity index (χ0v) is 17.7. The van der Waals surface area contributed by atoms with Crippen LogP contribution in [0, 0.1) is 20.8 Å². The number of anilines is 1. The predicted octanol–water partition coefficient (Wildman–Crippen LogP) is 3.94. The van der Waals surface area contributed by atoms with Crippen LogP contribution in [0.15, 0.2) is 53.9 Å². The molecule has 0 aliphatic heterocycles. The number of fused-ring (bicyclic) bond motifs is 1. The second kappa shape index (κ2) is 7.04. The van der Waals surface area contributed by atoms with Crippen LogP contribution in [-0.4, -0.2) is 27.4 Å². The molecular formula is C21H23N5O2S. The first-order chi connectivity index (χ1) is 13.8. The number of imidazole rings is 2. The summed E-state index contributed by atoms with van der Waals surface area (Å²) < 4.78 is 32.1. The summed E-state index contributed by atoms with van der Waals surface area (Å²) in [6.45, 7) is 8.29. The molecule has 0 atom stereocenters. The van der Waals surface area contributed by atoms with Crippen molar-refractivity contribution in [3.8, 4) is 11.3 Å². The maximum Gasteiger partial charge on any atom is 0.280 e. The molecule has 8 heteroatoms. The van der Waals surface area contributed by atoms with Crippen molar-refractivity contribution in [1.82, 2.24) is 18.9 Å². The standard InChI is InChI=1S/C21H23N5O2S/c1-5-25-13-21(22-16(25)4)29(27,28)24-18-11-17(7-6-15(18)3)19-12-26-9-8-14(2)10-20(26)23-19/h6-13,24H,5H2,1-4H3. The Labute approximate surface area is 170 Å². The topological polar surface area (TPSA) is 81.3 Å². The van der Waals surface area contributed by atoms with E-state index in [1.807, 2.05) is 67.9 Å². The first-order valence-electron chi connectivity index (χ1n) is 9.40. The molecule has 0 amide bonds. The van der Waals surface area contributed by atoms with E-state index >= 15 is 0 Å². The third-order valence-electron chi connectivity index (χ3n) is 4.96. The lowest BCUT2D eigenvalue weighted by Crippen LogP contribution is -2.14. The summed E-state index contributed by atoms with van der Waals surface area (Å²) in [5, 5.41) is 0.0184. The molecule has 0 aliphatic carbocycles. The molecule has 4 aromatic rings. The van der Waals surface area contributed by atoms with Gasteiger partial charge in [0.2, 0.25) is 0 Å². The Morgan fingerprint density at radius 3 is 2.55 bits per heavy atom. The monoisotopic (exact) mass is 409 g/mol. The minimum absolute atomic E-state index is 0.0184. The molecule has 0 fully saturated rings. The molecule has 1 N–H and O–H groups in total. The third kappa shape index (κ3) is 3.63. The summed E-state index contributed by atoms with van der Waals surface area (Å²) in [6.07, 6.45) is 5.46. The van der Waals surface area contributed by atoms with Gasteiger partial charge in [0.25, 0.3) is 10.0 Å².